The molecule has 0 amide bonds. The third-order valence-electron chi connectivity index (χ3n) is 6.27. The van der Waals surface area contributed by atoms with Crippen molar-refractivity contribution in [3.05, 3.63) is 82.9 Å². The number of methoxy groups -OCH3 is 2. The lowest BCUT2D eigenvalue weighted by Crippen LogP contribution is -2.04. The fourth-order valence-electron chi connectivity index (χ4n) is 4.31. The molecule has 1 heterocycles. The van der Waals surface area contributed by atoms with Crippen molar-refractivity contribution in [2.24, 2.45) is 0 Å². The summed E-state index contributed by atoms with van der Waals surface area (Å²) in [6.07, 6.45) is 4.45. The van der Waals surface area contributed by atoms with Gasteiger partial charge in [0.05, 0.1) is 30.5 Å². The highest BCUT2D eigenvalue weighted by Gasteiger charge is 2.22. The minimum Gasteiger partial charge on any atom is -0.497 e. The van der Waals surface area contributed by atoms with Gasteiger partial charge in [-0.05, 0) is 67.1 Å². The van der Waals surface area contributed by atoms with Gasteiger partial charge in [-0.1, -0.05) is 26.2 Å². The Kier molecular flexibility index (Phi) is 8.00. The molecule has 0 bridgehead atoms. The monoisotopic (exact) mass is 485 g/mol. The van der Waals surface area contributed by atoms with Crippen LogP contribution >= 0.6 is 0 Å². The maximum absolute atomic E-state index is 11.2. The molecule has 1 aromatic heterocycles. The SMILES string of the molecule is CCCCCCn1c(-c2ccc([N+](=O)[O-])cc2)nc(-c2ccc(OC)cc2)c1-c1ccc(OC)cc1. The van der Waals surface area contributed by atoms with E-state index in [1.807, 2.05) is 48.5 Å². The number of hydrogen-bond donors (Lipinski definition) is 0. The maximum Gasteiger partial charge on any atom is 0.269 e. The molecule has 0 aliphatic heterocycles. The van der Waals surface area contributed by atoms with E-state index in [0.717, 1.165) is 71.2 Å². The van der Waals surface area contributed by atoms with Crippen LogP contribution < -0.4 is 9.47 Å². The molecule has 0 unspecified atom stereocenters. The summed E-state index contributed by atoms with van der Waals surface area (Å²) in [6.45, 7) is 2.99. The van der Waals surface area contributed by atoms with Crippen molar-refractivity contribution in [2.45, 2.75) is 39.2 Å². The number of nitro benzene ring substituents is 1. The van der Waals surface area contributed by atoms with Gasteiger partial charge in [0, 0.05) is 35.4 Å². The van der Waals surface area contributed by atoms with Crippen molar-refractivity contribution in [2.75, 3.05) is 14.2 Å². The minimum absolute atomic E-state index is 0.0607. The highest BCUT2D eigenvalue weighted by Crippen LogP contribution is 2.38. The van der Waals surface area contributed by atoms with Crippen molar-refractivity contribution in [3.63, 3.8) is 0 Å². The zero-order valence-electron chi connectivity index (χ0n) is 20.9. The topological polar surface area (TPSA) is 79.4 Å². The lowest BCUT2D eigenvalue weighted by Gasteiger charge is -2.14. The number of nitro groups is 1. The number of benzene rings is 3. The van der Waals surface area contributed by atoms with Crippen LogP contribution in [-0.4, -0.2) is 28.7 Å². The van der Waals surface area contributed by atoms with Crippen molar-refractivity contribution in [3.8, 4) is 45.4 Å². The fourth-order valence-corrected chi connectivity index (χ4v) is 4.31. The van der Waals surface area contributed by atoms with Gasteiger partial charge in [0.1, 0.15) is 17.3 Å². The predicted molar refractivity (Wildman–Crippen MR) is 142 cm³/mol. The molecule has 0 aliphatic rings. The van der Waals surface area contributed by atoms with Gasteiger partial charge in [-0.3, -0.25) is 10.1 Å². The minimum atomic E-state index is -0.382. The summed E-state index contributed by atoms with van der Waals surface area (Å²) in [6, 6.07) is 22.5. The molecule has 3 aromatic carbocycles. The first kappa shape index (κ1) is 25.0. The Hall–Kier alpha value is -4.13. The van der Waals surface area contributed by atoms with Crippen molar-refractivity contribution in [1.82, 2.24) is 9.55 Å². The molecule has 0 saturated carbocycles. The molecule has 0 N–H and O–H groups in total. The second kappa shape index (κ2) is 11.5. The lowest BCUT2D eigenvalue weighted by atomic mass is 10.0. The number of imidazole rings is 1. The smallest absolute Gasteiger partial charge is 0.269 e. The van der Waals surface area contributed by atoms with E-state index >= 15 is 0 Å². The molecule has 186 valence electrons. The summed E-state index contributed by atoms with van der Waals surface area (Å²) in [4.78, 5) is 16.0. The number of ether oxygens (including phenoxy) is 2. The van der Waals surface area contributed by atoms with Gasteiger partial charge in [0.15, 0.2) is 0 Å². The number of unbranched alkanes of at least 4 members (excludes halogenated alkanes) is 3. The van der Waals surface area contributed by atoms with Crippen LogP contribution in [-0.2, 0) is 6.54 Å². The number of nitrogens with zero attached hydrogens (tertiary/aromatic N) is 3. The van der Waals surface area contributed by atoms with Crippen LogP contribution in [0.2, 0.25) is 0 Å². The lowest BCUT2D eigenvalue weighted by molar-refractivity contribution is -0.384. The Morgan fingerprint density at radius 3 is 1.86 bits per heavy atom. The molecule has 4 rings (SSSR count). The Balaban J connectivity index is 1.91. The molecule has 0 aliphatic carbocycles. The quantitative estimate of drug-likeness (QED) is 0.126. The summed E-state index contributed by atoms with van der Waals surface area (Å²) in [5.41, 5.74) is 4.75. The predicted octanol–water partition coefficient (Wildman–Crippen LogP) is 7.39. The zero-order chi connectivity index (χ0) is 25.5. The van der Waals surface area contributed by atoms with Crippen LogP contribution in [0.4, 0.5) is 5.69 Å². The summed E-state index contributed by atoms with van der Waals surface area (Å²) >= 11 is 0. The molecular formula is C29H31N3O4. The molecule has 4 aromatic rings. The van der Waals surface area contributed by atoms with Gasteiger partial charge >= 0.3 is 0 Å². The van der Waals surface area contributed by atoms with Crippen LogP contribution in [0.5, 0.6) is 11.5 Å². The van der Waals surface area contributed by atoms with Gasteiger partial charge in [0.25, 0.3) is 5.69 Å². The van der Waals surface area contributed by atoms with Crippen LogP contribution in [0.3, 0.4) is 0 Å². The second-order valence-corrected chi connectivity index (χ2v) is 8.61. The first-order chi connectivity index (χ1) is 17.5. The van der Waals surface area contributed by atoms with E-state index in [2.05, 4.69) is 11.5 Å². The van der Waals surface area contributed by atoms with E-state index in [4.69, 9.17) is 14.5 Å². The van der Waals surface area contributed by atoms with Gasteiger partial charge in [-0.2, -0.15) is 0 Å². The molecular weight excluding hydrogens is 454 g/mol. The average molecular weight is 486 g/mol. The largest absolute Gasteiger partial charge is 0.497 e. The Morgan fingerprint density at radius 2 is 1.33 bits per heavy atom. The number of rotatable bonds is 11. The van der Waals surface area contributed by atoms with E-state index in [1.165, 1.54) is 18.6 Å². The molecule has 0 radical (unpaired) electrons. The van der Waals surface area contributed by atoms with E-state index in [-0.39, 0.29) is 10.6 Å². The molecule has 0 fully saturated rings. The van der Waals surface area contributed by atoms with Crippen molar-refractivity contribution < 1.29 is 14.4 Å². The van der Waals surface area contributed by atoms with Crippen LogP contribution in [0.25, 0.3) is 33.9 Å². The summed E-state index contributed by atoms with van der Waals surface area (Å²) in [5.74, 6) is 2.35. The number of non-ortho nitro benzene ring substituents is 1. The summed E-state index contributed by atoms with van der Waals surface area (Å²) in [7, 11) is 3.30. The number of hydrogen-bond acceptors (Lipinski definition) is 5. The molecule has 7 heteroatoms. The second-order valence-electron chi connectivity index (χ2n) is 8.61. The Bertz CT molecular complexity index is 1290. The molecule has 36 heavy (non-hydrogen) atoms. The van der Waals surface area contributed by atoms with Crippen molar-refractivity contribution in [1.29, 1.82) is 0 Å². The first-order valence-electron chi connectivity index (χ1n) is 12.2. The fraction of sp³-hybridized carbons (Fsp3) is 0.276. The Labute approximate surface area is 211 Å². The van der Waals surface area contributed by atoms with E-state index in [9.17, 15) is 10.1 Å². The Morgan fingerprint density at radius 1 is 0.778 bits per heavy atom. The molecule has 0 saturated heterocycles. The normalized spacial score (nSPS) is 10.9. The van der Waals surface area contributed by atoms with Crippen molar-refractivity contribution >= 4 is 5.69 Å². The summed E-state index contributed by atoms with van der Waals surface area (Å²) in [5, 5.41) is 11.2. The van der Waals surface area contributed by atoms with Gasteiger partial charge in [-0.25, -0.2) is 4.98 Å². The van der Waals surface area contributed by atoms with Gasteiger partial charge in [-0.15, -0.1) is 0 Å². The third-order valence-corrected chi connectivity index (χ3v) is 6.27. The van der Waals surface area contributed by atoms with Gasteiger partial charge < -0.3 is 14.0 Å². The van der Waals surface area contributed by atoms with E-state index in [0.29, 0.717) is 0 Å². The summed E-state index contributed by atoms with van der Waals surface area (Å²) < 4.78 is 13.0. The third kappa shape index (κ3) is 5.40. The standard InChI is InChI=1S/C29H31N3O4/c1-4-5-6-7-20-31-28(22-12-18-26(36-3)19-13-22)27(21-10-16-25(35-2)17-11-21)30-29(31)23-8-14-24(15-9-23)32(33)34/h8-19H,4-7,20H2,1-3H3. The van der Waals surface area contributed by atoms with E-state index in [1.54, 1.807) is 26.4 Å². The zero-order valence-corrected chi connectivity index (χ0v) is 20.9. The van der Waals surface area contributed by atoms with Gasteiger partial charge in [0.2, 0.25) is 0 Å². The van der Waals surface area contributed by atoms with E-state index < -0.39 is 0 Å². The maximum atomic E-state index is 11.2. The molecule has 0 atom stereocenters. The van der Waals surface area contributed by atoms with Crippen LogP contribution in [0.1, 0.15) is 32.6 Å². The molecule has 7 nitrogen and oxygen atoms in total. The highest BCUT2D eigenvalue weighted by molar-refractivity contribution is 5.82. The highest BCUT2D eigenvalue weighted by atomic mass is 16.6. The average Bonchev–Trinajstić information content (AvgIpc) is 3.30. The number of aromatic nitrogens is 2. The molecule has 0 spiro atoms. The van der Waals surface area contributed by atoms with Crippen LogP contribution in [0, 0.1) is 10.1 Å². The first-order valence-corrected chi connectivity index (χ1v) is 12.2. The van der Waals surface area contributed by atoms with Crippen LogP contribution in [0.15, 0.2) is 72.8 Å².